The number of rotatable bonds is 5. The second-order valence-electron chi connectivity index (χ2n) is 11.6. The number of hydrogen-bond acceptors (Lipinski definition) is 3. The molecular formula is C28H43F2NO2. The Balaban J connectivity index is 1.41. The van der Waals surface area contributed by atoms with Gasteiger partial charge in [0, 0.05) is 18.9 Å². The molecule has 6 atom stereocenters. The summed E-state index contributed by atoms with van der Waals surface area (Å²) in [5.74, 6) is 1.42. The molecule has 0 unspecified atom stereocenters. The lowest BCUT2D eigenvalue weighted by Crippen LogP contribution is -2.42. The fourth-order valence-electron chi connectivity index (χ4n) is 7.60. The van der Waals surface area contributed by atoms with Gasteiger partial charge in [-0.2, -0.15) is 0 Å². The Bertz CT molecular complexity index is 770. The molecule has 3 nitrogen and oxygen atoms in total. The molecule has 1 aliphatic heterocycles. The fraction of sp³-hybridized carbons (Fsp3) is 0.786. The molecule has 1 heterocycles. The number of aliphatic hydroxyl groups excluding tert-OH is 2. The molecule has 0 bridgehead atoms. The summed E-state index contributed by atoms with van der Waals surface area (Å²) in [6.45, 7) is 11.6. The maximum atomic E-state index is 13.0. The number of likely N-dealkylation sites (tertiary alicyclic amines) is 1. The van der Waals surface area contributed by atoms with Crippen LogP contribution in [0, 0.1) is 29.1 Å². The van der Waals surface area contributed by atoms with Gasteiger partial charge in [-0.15, -0.1) is 0 Å². The molecule has 33 heavy (non-hydrogen) atoms. The second kappa shape index (κ2) is 10.3. The van der Waals surface area contributed by atoms with Gasteiger partial charge in [0.2, 0.25) is 6.43 Å². The largest absolute Gasteiger partial charge is 0.393 e. The molecule has 0 aromatic heterocycles. The van der Waals surface area contributed by atoms with Crippen molar-refractivity contribution in [3.63, 3.8) is 0 Å². The molecule has 186 valence electrons. The summed E-state index contributed by atoms with van der Waals surface area (Å²) < 4.78 is 26.0. The third-order valence-corrected chi connectivity index (χ3v) is 9.52. The summed E-state index contributed by atoms with van der Waals surface area (Å²) >= 11 is 0. The van der Waals surface area contributed by atoms with Gasteiger partial charge in [0.25, 0.3) is 0 Å². The number of halogens is 2. The normalized spacial score (nSPS) is 40.0. The highest BCUT2D eigenvalue weighted by atomic mass is 19.3. The zero-order chi connectivity index (χ0) is 23.8. The van der Waals surface area contributed by atoms with E-state index in [-0.39, 0.29) is 0 Å². The first-order valence-corrected chi connectivity index (χ1v) is 13.1. The highest BCUT2D eigenvalue weighted by Crippen LogP contribution is 2.59. The van der Waals surface area contributed by atoms with Crippen LogP contribution >= 0.6 is 0 Å². The van der Waals surface area contributed by atoms with Crippen LogP contribution in [0.5, 0.6) is 0 Å². The van der Waals surface area contributed by atoms with Crippen LogP contribution in [0.25, 0.3) is 0 Å². The van der Waals surface area contributed by atoms with Crippen LogP contribution in [0.15, 0.2) is 35.5 Å². The molecule has 4 fully saturated rings. The van der Waals surface area contributed by atoms with Gasteiger partial charge in [-0.25, -0.2) is 8.78 Å². The first-order chi connectivity index (χ1) is 15.7. The van der Waals surface area contributed by atoms with Gasteiger partial charge in [0.05, 0.1) is 12.2 Å². The zero-order valence-electron chi connectivity index (χ0n) is 20.5. The summed E-state index contributed by atoms with van der Waals surface area (Å²) in [6, 6.07) is 0. The lowest BCUT2D eigenvalue weighted by molar-refractivity contribution is 0.0227. The van der Waals surface area contributed by atoms with Crippen molar-refractivity contribution in [1.29, 1.82) is 0 Å². The van der Waals surface area contributed by atoms with Crippen LogP contribution in [0.1, 0.15) is 71.6 Å². The minimum absolute atomic E-state index is 0.298. The predicted molar refractivity (Wildman–Crippen MR) is 129 cm³/mol. The topological polar surface area (TPSA) is 43.7 Å². The van der Waals surface area contributed by atoms with E-state index < -0.39 is 24.6 Å². The molecule has 1 saturated heterocycles. The van der Waals surface area contributed by atoms with E-state index in [0.717, 1.165) is 37.2 Å². The Labute approximate surface area is 198 Å². The third-order valence-electron chi connectivity index (χ3n) is 9.52. The molecule has 3 saturated carbocycles. The van der Waals surface area contributed by atoms with Crippen LogP contribution in [-0.2, 0) is 0 Å². The zero-order valence-corrected chi connectivity index (χ0v) is 20.5. The number of hydrogen-bond donors (Lipinski definition) is 2. The van der Waals surface area contributed by atoms with E-state index in [0.29, 0.717) is 48.9 Å². The van der Waals surface area contributed by atoms with Crippen LogP contribution in [-0.4, -0.2) is 53.4 Å². The van der Waals surface area contributed by atoms with Crippen molar-refractivity contribution >= 4 is 0 Å². The molecule has 0 aromatic carbocycles. The first kappa shape index (κ1) is 25.1. The Kier molecular flexibility index (Phi) is 7.82. The van der Waals surface area contributed by atoms with Crippen molar-refractivity contribution in [1.82, 2.24) is 4.90 Å². The summed E-state index contributed by atoms with van der Waals surface area (Å²) in [5.41, 5.74) is 3.55. The second-order valence-corrected chi connectivity index (χ2v) is 11.6. The molecule has 0 amide bonds. The lowest BCUT2D eigenvalue weighted by atomic mass is 9.61. The van der Waals surface area contributed by atoms with Crippen LogP contribution in [0.3, 0.4) is 0 Å². The van der Waals surface area contributed by atoms with Gasteiger partial charge in [0.1, 0.15) is 0 Å². The monoisotopic (exact) mass is 463 g/mol. The van der Waals surface area contributed by atoms with Crippen LogP contribution in [0.4, 0.5) is 8.78 Å². The van der Waals surface area contributed by atoms with Crippen molar-refractivity contribution in [2.24, 2.45) is 29.1 Å². The number of allylic oxidation sites excluding steroid dienone is 3. The Morgan fingerprint density at radius 2 is 1.88 bits per heavy atom. The van der Waals surface area contributed by atoms with Crippen molar-refractivity contribution in [3.8, 4) is 0 Å². The molecule has 5 heteroatoms. The average molecular weight is 464 g/mol. The third kappa shape index (κ3) is 5.31. The lowest BCUT2D eigenvalue weighted by Gasteiger charge is -2.45. The number of aliphatic hydroxyl groups is 2. The molecule has 3 aliphatic carbocycles. The van der Waals surface area contributed by atoms with Gasteiger partial charge >= 0.3 is 0 Å². The summed E-state index contributed by atoms with van der Waals surface area (Å²) in [6.07, 6.45) is 9.36. The summed E-state index contributed by atoms with van der Waals surface area (Å²) in [5, 5.41) is 20.2. The SMILES string of the molecule is C=C1/C(=C\C=C2/CCC[C@]3(C)[C@@H]([C@@H](C)CN4CCC(C(F)F)CC4)CC[C@@H]23)C[C@@H](O)C[C@@H]1O. The van der Waals surface area contributed by atoms with Crippen molar-refractivity contribution in [2.75, 3.05) is 19.6 Å². The minimum Gasteiger partial charge on any atom is -0.393 e. The fourth-order valence-corrected chi connectivity index (χ4v) is 7.60. The highest BCUT2D eigenvalue weighted by molar-refractivity contribution is 5.38. The Morgan fingerprint density at radius 1 is 1.15 bits per heavy atom. The molecule has 0 spiro atoms. The van der Waals surface area contributed by atoms with E-state index in [1.165, 1.54) is 31.3 Å². The molecule has 4 aliphatic rings. The molecule has 0 aromatic rings. The quantitative estimate of drug-likeness (QED) is 0.546. The standard InChI is InChI=1S/C28H43F2NO2/c1-18(17-31-13-10-21(11-14-31)27(29)30)24-8-9-25-20(5-4-12-28(24,25)3)6-7-22-15-23(32)16-26(33)19(22)2/h6-7,18,21,23-27,32-33H,2,4-5,8-17H2,1,3H3/b20-6+,22-7-/t18-,23+,24+,25-,26-,28+/m0/s1. The maximum absolute atomic E-state index is 13.0. The number of alkyl halides is 2. The Hall–Kier alpha value is -1.04. The van der Waals surface area contributed by atoms with Gasteiger partial charge in [-0.3, -0.25) is 0 Å². The molecule has 0 radical (unpaired) electrons. The van der Waals surface area contributed by atoms with Gasteiger partial charge in [-0.1, -0.05) is 38.2 Å². The highest BCUT2D eigenvalue weighted by Gasteiger charge is 2.50. The van der Waals surface area contributed by atoms with Crippen LogP contribution in [0.2, 0.25) is 0 Å². The van der Waals surface area contributed by atoms with Crippen molar-refractivity contribution in [3.05, 3.63) is 35.5 Å². The number of nitrogens with zero attached hydrogens (tertiary/aromatic N) is 1. The van der Waals surface area contributed by atoms with Gasteiger partial charge in [0.15, 0.2) is 0 Å². The smallest absolute Gasteiger partial charge is 0.241 e. The number of fused-ring (bicyclic) bond motifs is 1. The van der Waals surface area contributed by atoms with E-state index in [1.807, 2.05) is 0 Å². The maximum Gasteiger partial charge on any atom is 0.241 e. The van der Waals surface area contributed by atoms with E-state index >= 15 is 0 Å². The minimum atomic E-state index is -2.17. The molecular weight excluding hydrogens is 420 g/mol. The molecule has 2 N–H and O–H groups in total. The summed E-state index contributed by atoms with van der Waals surface area (Å²) in [4.78, 5) is 2.43. The Morgan fingerprint density at radius 3 is 2.58 bits per heavy atom. The van der Waals surface area contributed by atoms with Crippen molar-refractivity contribution < 1.29 is 19.0 Å². The predicted octanol–water partition coefficient (Wildman–Crippen LogP) is 5.74. The van der Waals surface area contributed by atoms with Crippen LogP contribution < -0.4 is 0 Å². The van der Waals surface area contributed by atoms with Crippen molar-refractivity contribution in [2.45, 2.75) is 90.3 Å². The van der Waals surface area contributed by atoms with E-state index in [2.05, 4.69) is 37.5 Å². The van der Waals surface area contributed by atoms with E-state index in [1.54, 1.807) is 0 Å². The van der Waals surface area contributed by atoms with E-state index in [9.17, 15) is 19.0 Å². The molecule has 4 rings (SSSR count). The van der Waals surface area contributed by atoms with Gasteiger partial charge < -0.3 is 15.1 Å². The first-order valence-electron chi connectivity index (χ1n) is 13.1. The van der Waals surface area contributed by atoms with Gasteiger partial charge in [-0.05, 0) is 98.8 Å². The van der Waals surface area contributed by atoms with E-state index in [4.69, 9.17) is 0 Å². The number of piperidine rings is 1. The average Bonchev–Trinajstić information content (AvgIpc) is 3.13. The summed E-state index contributed by atoms with van der Waals surface area (Å²) in [7, 11) is 0.